The maximum absolute atomic E-state index is 14.0. The molecule has 1 aliphatic rings. The number of fused-ring (bicyclic) bond motifs is 1. The summed E-state index contributed by atoms with van der Waals surface area (Å²) in [6.07, 6.45) is 2.67. The molecule has 4 nitrogen and oxygen atoms in total. The van der Waals surface area contributed by atoms with Crippen LogP contribution in [0.2, 0.25) is 0 Å². The first-order valence-corrected chi connectivity index (χ1v) is 11.7. The summed E-state index contributed by atoms with van der Waals surface area (Å²) < 4.78 is 25.6. The van der Waals surface area contributed by atoms with Crippen LogP contribution >= 0.6 is 0 Å². The number of nitrogens with zero attached hydrogens (tertiary/aromatic N) is 1. The number of hydrogen-bond acceptors (Lipinski definition) is 3. The summed E-state index contributed by atoms with van der Waals surface area (Å²) in [6.45, 7) is 3.40. The molecule has 1 N–H and O–H groups in total. The third-order valence-corrected chi connectivity index (χ3v) is 6.56. The van der Waals surface area contributed by atoms with Crippen LogP contribution in [0.1, 0.15) is 36.0 Å². The van der Waals surface area contributed by atoms with Gasteiger partial charge in [-0.3, -0.25) is 9.00 Å². The molecule has 2 atom stereocenters. The lowest BCUT2D eigenvalue weighted by molar-refractivity contribution is -0.120. The Hall–Kier alpha value is -2.31. The molecule has 2 unspecified atom stereocenters. The van der Waals surface area contributed by atoms with Gasteiger partial charge in [0.1, 0.15) is 5.82 Å². The van der Waals surface area contributed by atoms with Crippen molar-refractivity contribution in [2.75, 3.05) is 33.4 Å². The normalized spacial score (nSPS) is 16.7. The second-order valence-electron chi connectivity index (χ2n) is 8.08. The van der Waals surface area contributed by atoms with Gasteiger partial charge in [-0.2, -0.15) is 0 Å². The largest absolute Gasteiger partial charge is 0.355 e. The van der Waals surface area contributed by atoms with Gasteiger partial charge >= 0.3 is 0 Å². The number of rotatable bonds is 8. The van der Waals surface area contributed by atoms with Crippen molar-refractivity contribution in [3.8, 4) is 0 Å². The van der Waals surface area contributed by atoms with Gasteiger partial charge in [-0.15, -0.1) is 0 Å². The van der Waals surface area contributed by atoms with Crippen LogP contribution in [0.25, 0.3) is 5.57 Å². The van der Waals surface area contributed by atoms with Crippen molar-refractivity contribution in [3.05, 3.63) is 70.5 Å². The fraction of sp³-hybridized carbons (Fsp3) is 0.375. The number of allylic oxidation sites excluding steroid dienone is 1. The van der Waals surface area contributed by atoms with E-state index in [-0.39, 0.29) is 24.1 Å². The lowest BCUT2D eigenvalue weighted by Gasteiger charge is -2.15. The molecule has 0 bridgehead atoms. The first kappa shape index (κ1) is 22.4. The highest BCUT2D eigenvalue weighted by molar-refractivity contribution is 7.84. The molecule has 0 aliphatic heterocycles. The fourth-order valence-electron chi connectivity index (χ4n) is 3.94. The molecule has 2 aromatic carbocycles. The van der Waals surface area contributed by atoms with E-state index in [9.17, 15) is 13.4 Å². The topological polar surface area (TPSA) is 49.4 Å². The van der Waals surface area contributed by atoms with Crippen molar-refractivity contribution >= 4 is 22.3 Å². The van der Waals surface area contributed by atoms with Crippen molar-refractivity contribution in [1.29, 1.82) is 0 Å². The zero-order valence-electron chi connectivity index (χ0n) is 18.0. The van der Waals surface area contributed by atoms with E-state index in [4.69, 9.17) is 0 Å². The van der Waals surface area contributed by atoms with E-state index in [2.05, 4.69) is 5.32 Å². The van der Waals surface area contributed by atoms with Gasteiger partial charge in [0.05, 0.1) is 6.42 Å². The van der Waals surface area contributed by atoms with Gasteiger partial charge in [-0.05, 0) is 74.0 Å². The summed E-state index contributed by atoms with van der Waals surface area (Å²) in [5.41, 5.74) is 5.06. The van der Waals surface area contributed by atoms with Crippen molar-refractivity contribution in [3.63, 3.8) is 0 Å². The molecule has 0 saturated carbocycles. The summed E-state index contributed by atoms with van der Waals surface area (Å²) in [5.74, 6) is -0.234. The number of amides is 1. The highest BCUT2D eigenvalue weighted by atomic mass is 32.2. The third kappa shape index (κ3) is 5.24. The number of carbonyl (C=O) groups is 1. The van der Waals surface area contributed by atoms with Crippen LogP contribution < -0.4 is 5.32 Å². The maximum atomic E-state index is 14.0. The highest BCUT2D eigenvalue weighted by Crippen LogP contribution is 2.45. The average molecular weight is 429 g/mol. The Bertz CT molecular complexity index is 983. The highest BCUT2D eigenvalue weighted by Gasteiger charge is 2.30. The van der Waals surface area contributed by atoms with E-state index < -0.39 is 10.8 Å². The Morgan fingerprint density at radius 2 is 1.87 bits per heavy atom. The van der Waals surface area contributed by atoms with Crippen LogP contribution in [0.3, 0.4) is 0 Å². The van der Waals surface area contributed by atoms with Crippen molar-refractivity contribution < 1.29 is 13.4 Å². The van der Waals surface area contributed by atoms with Gasteiger partial charge in [-0.1, -0.05) is 23.8 Å². The number of hydrogen-bond donors (Lipinski definition) is 1. The molecule has 0 saturated heterocycles. The molecule has 160 valence electrons. The van der Waals surface area contributed by atoms with Crippen molar-refractivity contribution in [1.82, 2.24) is 10.2 Å². The van der Waals surface area contributed by atoms with Crippen LogP contribution in [0, 0.1) is 5.82 Å². The van der Waals surface area contributed by atoms with E-state index in [1.165, 1.54) is 6.07 Å². The molecule has 0 radical (unpaired) electrons. The molecular weight excluding hydrogens is 399 g/mol. The predicted octanol–water partition coefficient (Wildman–Crippen LogP) is 3.74. The number of benzene rings is 2. The molecule has 0 aromatic heterocycles. The molecule has 0 spiro atoms. The second-order valence-corrected chi connectivity index (χ2v) is 9.46. The molecule has 1 aliphatic carbocycles. The predicted molar refractivity (Wildman–Crippen MR) is 120 cm³/mol. The fourth-order valence-corrected chi connectivity index (χ4v) is 4.46. The number of halogens is 1. The zero-order valence-corrected chi connectivity index (χ0v) is 18.8. The van der Waals surface area contributed by atoms with Gasteiger partial charge in [0.15, 0.2) is 0 Å². The van der Waals surface area contributed by atoms with E-state index in [0.717, 1.165) is 45.7 Å². The van der Waals surface area contributed by atoms with E-state index in [0.29, 0.717) is 6.54 Å². The number of nitrogens with one attached hydrogen (secondary N) is 1. The van der Waals surface area contributed by atoms with Crippen LogP contribution in [0.4, 0.5) is 4.39 Å². The molecule has 2 aromatic rings. The summed E-state index contributed by atoms with van der Waals surface area (Å²) in [4.78, 5) is 15.3. The van der Waals surface area contributed by atoms with Crippen LogP contribution in [0.15, 0.2) is 52.9 Å². The molecule has 0 heterocycles. The maximum Gasteiger partial charge on any atom is 0.224 e. The quantitative estimate of drug-likeness (QED) is 0.697. The lowest BCUT2D eigenvalue weighted by Crippen LogP contribution is -2.31. The first-order valence-electron chi connectivity index (χ1n) is 10.1. The zero-order chi connectivity index (χ0) is 21.8. The molecule has 3 rings (SSSR count). The minimum absolute atomic E-state index is 0.0446. The number of carbonyl (C=O) groups excluding carboxylic acids is 1. The van der Waals surface area contributed by atoms with Gasteiger partial charge in [-0.25, -0.2) is 4.39 Å². The third-order valence-electron chi connectivity index (χ3n) is 5.63. The van der Waals surface area contributed by atoms with Gasteiger partial charge < -0.3 is 10.2 Å². The van der Waals surface area contributed by atoms with E-state index in [1.807, 2.05) is 56.3 Å². The van der Waals surface area contributed by atoms with E-state index in [1.54, 1.807) is 12.3 Å². The first-order chi connectivity index (χ1) is 14.3. The Kier molecular flexibility index (Phi) is 7.21. The van der Waals surface area contributed by atoms with E-state index >= 15 is 0 Å². The monoisotopic (exact) mass is 428 g/mol. The minimum Gasteiger partial charge on any atom is -0.355 e. The molecule has 6 heteroatoms. The van der Waals surface area contributed by atoms with Crippen molar-refractivity contribution in [2.45, 2.75) is 30.6 Å². The Balaban J connectivity index is 1.83. The van der Waals surface area contributed by atoms with Crippen LogP contribution in [-0.4, -0.2) is 48.5 Å². The molecule has 30 heavy (non-hydrogen) atoms. The Labute approximate surface area is 180 Å². The number of likely N-dealkylation sites (N-methyl/N-ethyl adjacent to an activating group) is 1. The summed E-state index contributed by atoms with van der Waals surface area (Å²) in [5, 5.41) is 2.95. The van der Waals surface area contributed by atoms with Crippen molar-refractivity contribution in [2.24, 2.45) is 0 Å². The van der Waals surface area contributed by atoms with Crippen LogP contribution in [-0.2, 0) is 22.0 Å². The summed E-state index contributed by atoms with van der Waals surface area (Å²) in [6, 6.07) is 12.7. The summed E-state index contributed by atoms with van der Waals surface area (Å²) >= 11 is 0. The lowest BCUT2D eigenvalue weighted by atomic mass is 9.90. The van der Waals surface area contributed by atoms with Gasteiger partial charge in [0.2, 0.25) is 5.91 Å². The second kappa shape index (κ2) is 9.67. The molecule has 0 fully saturated rings. The smallest absolute Gasteiger partial charge is 0.224 e. The van der Waals surface area contributed by atoms with Crippen LogP contribution in [0.5, 0.6) is 0 Å². The molecule has 1 amide bonds. The SMILES string of the molecule is CC1=C(CC(=O)NCCN(C)C)c2cc(F)ccc2C1Cc1ccc(S(C)=O)cc1. The molecular formula is C24H29FN2O2S. The minimum atomic E-state index is -1.00. The average Bonchev–Trinajstić information content (AvgIpc) is 2.93. The Morgan fingerprint density at radius 1 is 1.17 bits per heavy atom. The standard InChI is InChI=1S/C24H29FN2O2S/c1-16-21(13-17-5-8-19(9-6-17)30(4)29)20-10-7-18(25)14-23(20)22(16)15-24(28)26-11-12-27(2)3/h5-10,14,21H,11-13,15H2,1-4H3,(H,26,28). The summed E-state index contributed by atoms with van der Waals surface area (Å²) in [7, 11) is 2.92. The van der Waals surface area contributed by atoms with Gasteiger partial charge in [0, 0.05) is 41.0 Å². The Morgan fingerprint density at radius 3 is 2.50 bits per heavy atom. The van der Waals surface area contributed by atoms with Gasteiger partial charge in [0.25, 0.3) is 0 Å².